The Bertz CT molecular complexity index is 840. The number of aliphatic hydroxyl groups is 1. The first-order chi connectivity index (χ1) is 12.2. The number of aliphatic hydroxyl groups excluding tert-OH is 1. The number of nitrogens with one attached hydrogen (secondary N) is 1. The van der Waals surface area contributed by atoms with Gasteiger partial charge in [0.1, 0.15) is 11.6 Å². The zero-order chi connectivity index (χ0) is 17.6. The lowest BCUT2D eigenvalue weighted by molar-refractivity contribution is 0.273. The van der Waals surface area contributed by atoms with Crippen LogP contribution in [-0.2, 0) is 0 Å². The van der Waals surface area contributed by atoms with Gasteiger partial charge in [-0.25, -0.2) is 9.97 Å². The maximum absolute atomic E-state index is 9.84. The Balaban J connectivity index is 1.92. The lowest BCUT2D eigenvalue weighted by Crippen LogP contribution is -2.17. The first-order valence-corrected chi connectivity index (χ1v) is 7.97. The summed E-state index contributed by atoms with van der Waals surface area (Å²) in [5, 5.41) is 13.1. The number of hydrogen-bond acceptors (Lipinski definition) is 6. The minimum absolute atomic E-state index is 0.0916. The molecule has 2 heterocycles. The van der Waals surface area contributed by atoms with Gasteiger partial charge in [0.2, 0.25) is 0 Å². The van der Waals surface area contributed by atoms with E-state index < -0.39 is 0 Å². The number of anilines is 1. The van der Waals surface area contributed by atoms with Crippen LogP contribution in [0.3, 0.4) is 0 Å². The van der Waals surface area contributed by atoms with E-state index in [0.29, 0.717) is 17.4 Å². The fourth-order valence-electron chi connectivity index (χ4n) is 2.62. The molecule has 1 atom stereocenters. The van der Waals surface area contributed by atoms with Crippen LogP contribution in [0.4, 0.5) is 5.82 Å². The molecule has 6 heteroatoms. The standard InChI is InChI=1S/C19H20N4O2/c1-13-10-18(23-19(21-13)14-6-5-9-20-11-14)22-16(12-24)15-7-3-4-8-17(15)25-2/h3-11,16,24H,12H2,1-2H3,(H,21,22,23). The van der Waals surface area contributed by atoms with Gasteiger partial charge in [0, 0.05) is 35.3 Å². The van der Waals surface area contributed by atoms with Gasteiger partial charge in [-0.1, -0.05) is 18.2 Å². The molecule has 25 heavy (non-hydrogen) atoms. The molecule has 3 rings (SSSR count). The molecule has 0 aliphatic carbocycles. The topological polar surface area (TPSA) is 80.2 Å². The highest BCUT2D eigenvalue weighted by molar-refractivity contribution is 5.56. The molecule has 2 aromatic heterocycles. The number of benzene rings is 1. The maximum Gasteiger partial charge on any atom is 0.163 e. The summed E-state index contributed by atoms with van der Waals surface area (Å²) >= 11 is 0. The highest BCUT2D eigenvalue weighted by Crippen LogP contribution is 2.27. The number of rotatable bonds is 6. The van der Waals surface area contributed by atoms with E-state index in [1.807, 2.05) is 49.4 Å². The monoisotopic (exact) mass is 336 g/mol. The molecule has 0 aliphatic rings. The summed E-state index contributed by atoms with van der Waals surface area (Å²) in [6.45, 7) is 1.81. The summed E-state index contributed by atoms with van der Waals surface area (Å²) < 4.78 is 5.39. The van der Waals surface area contributed by atoms with Crippen LogP contribution >= 0.6 is 0 Å². The largest absolute Gasteiger partial charge is 0.496 e. The van der Waals surface area contributed by atoms with Crippen molar-refractivity contribution in [2.45, 2.75) is 13.0 Å². The quantitative estimate of drug-likeness (QED) is 0.720. The van der Waals surface area contributed by atoms with Crippen molar-refractivity contribution < 1.29 is 9.84 Å². The Morgan fingerprint density at radius 3 is 2.72 bits per heavy atom. The van der Waals surface area contributed by atoms with Gasteiger partial charge in [0.05, 0.1) is 19.8 Å². The zero-order valence-electron chi connectivity index (χ0n) is 14.2. The van der Waals surface area contributed by atoms with E-state index in [-0.39, 0.29) is 12.6 Å². The number of methoxy groups -OCH3 is 1. The average Bonchev–Trinajstić information content (AvgIpc) is 2.66. The van der Waals surface area contributed by atoms with E-state index in [1.165, 1.54) is 0 Å². The van der Waals surface area contributed by atoms with Crippen molar-refractivity contribution in [3.05, 3.63) is 66.1 Å². The van der Waals surface area contributed by atoms with Crippen LogP contribution in [0, 0.1) is 6.92 Å². The Kier molecular flexibility index (Phi) is 5.20. The summed E-state index contributed by atoms with van der Waals surface area (Å²) in [6, 6.07) is 12.9. The highest BCUT2D eigenvalue weighted by atomic mass is 16.5. The minimum atomic E-state index is -0.341. The lowest BCUT2D eigenvalue weighted by Gasteiger charge is -2.20. The molecular weight excluding hydrogens is 316 g/mol. The van der Waals surface area contributed by atoms with Crippen molar-refractivity contribution in [1.82, 2.24) is 15.0 Å². The Morgan fingerprint density at radius 2 is 2.00 bits per heavy atom. The zero-order valence-corrected chi connectivity index (χ0v) is 14.2. The van der Waals surface area contributed by atoms with Gasteiger partial charge < -0.3 is 15.2 Å². The molecule has 3 aromatic rings. The summed E-state index contributed by atoms with van der Waals surface area (Å²) in [4.78, 5) is 13.1. The Morgan fingerprint density at radius 1 is 1.16 bits per heavy atom. The fourth-order valence-corrected chi connectivity index (χ4v) is 2.62. The van der Waals surface area contributed by atoms with Gasteiger partial charge in [0.25, 0.3) is 0 Å². The molecule has 0 bridgehead atoms. The molecule has 0 saturated heterocycles. The molecule has 1 unspecified atom stereocenters. The second-order valence-corrected chi connectivity index (χ2v) is 5.58. The molecule has 0 saturated carbocycles. The van der Waals surface area contributed by atoms with Crippen LogP contribution in [0.25, 0.3) is 11.4 Å². The van der Waals surface area contributed by atoms with E-state index >= 15 is 0 Å². The third kappa shape index (κ3) is 3.92. The molecular formula is C19H20N4O2. The van der Waals surface area contributed by atoms with Crippen LogP contribution in [0.5, 0.6) is 5.75 Å². The second-order valence-electron chi connectivity index (χ2n) is 5.58. The van der Waals surface area contributed by atoms with Crippen LogP contribution in [0.1, 0.15) is 17.3 Å². The van der Waals surface area contributed by atoms with Crippen molar-refractivity contribution in [2.24, 2.45) is 0 Å². The van der Waals surface area contributed by atoms with Gasteiger partial charge in [-0.2, -0.15) is 0 Å². The first-order valence-electron chi connectivity index (χ1n) is 7.97. The van der Waals surface area contributed by atoms with E-state index in [9.17, 15) is 5.11 Å². The Hall–Kier alpha value is -2.99. The van der Waals surface area contributed by atoms with E-state index in [2.05, 4.69) is 20.3 Å². The first kappa shape index (κ1) is 16.9. The van der Waals surface area contributed by atoms with Crippen molar-refractivity contribution in [2.75, 3.05) is 19.0 Å². The molecule has 0 aliphatic heterocycles. The van der Waals surface area contributed by atoms with Crippen LogP contribution in [0.15, 0.2) is 54.9 Å². The SMILES string of the molecule is COc1ccccc1C(CO)Nc1cc(C)nc(-c2cccnc2)n1. The van der Waals surface area contributed by atoms with Crippen LogP contribution in [-0.4, -0.2) is 33.8 Å². The third-order valence-electron chi connectivity index (χ3n) is 3.79. The number of ether oxygens (including phenoxy) is 1. The summed E-state index contributed by atoms with van der Waals surface area (Å²) in [7, 11) is 1.61. The van der Waals surface area contributed by atoms with Gasteiger partial charge in [-0.15, -0.1) is 0 Å². The predicted molar refractivity (Wildman–Crippen MR) is 96.4 cm³/mol. The summed E-state index contributed by atoms with van der Waals surface area (Å²) in [5.41, 5.74) is 2.53. The maximum atomic E-state index is 9.84. The smallest absolute Gasteiger partial charge is 0.163 e. The lowest BCUT2D eigenvalue weighted by atomic mass is 10.1. The number of para-hydroxylation sites is 1. The van der Waals surface area contributed by atoms with Crippen LogP contribution < -0.4 is 10.1 Å². The number of aromatic nitrogens is 3. The normalized spacial score (nSPS) is 11.8. The summed E-state index contributed by atoms with van der Waals surface area (Å²) in [5.74, 6) is 1.94. The molecule has 0 spiro atoms. The number of aryl methyl sites for hydroxylation is 1. The fraction of sp³-hybridized carbons (Fsp3) is 0.211. The second kappa shape index (κ2) is 7.72. The van der Waals surface area contributed by atoms with Crippen molar-refractivity contribution in [1.29, 1.82) is 0 Å². The number of pyridine rings is 1. The molecule has 1 aromatic carbocycles. The van der Waals surface area contributed by atoms with Gasteiger partial charge in [0.15, 0.2) is 5.82 Å². The van der Waals surface area contributed by atoms with Gasteiger partial charge in [-0.05, 0) is 25.1 Å². The number of hydrogen-bond donors (Lipinski definition) is 2. The van der Waals surface area contributed by atoms with E-state index in [1.54, 1.807) is 19.5 Å². The molecule has 0 fully saturated rings. The minimum Gasteiger partial charge on any atom is -0.496 e. The average molecular weight is 336 g/mol. The molecule has 128 valence electrons. The third-order valence-corrected chi connectivity index (χ3v) is 3.79. The van der Waals surface area contributed by atoms with Crippen molar-refractivity contribution >= 4 is 5.82 Å². The molecule has 6 nitrogen and oxygen atoms in total. The predicted octanol–water partition coefficient (Wildman–Crippen LogP) is 3.00. The highest BCUT2D eigenvalue weighted by Gasteiger charge is 2.16. The van der Waals surface area contributed by atoms with Crippen LogP contribution in [0.2, 0.25) is 0 Å². The summed E-state index contributed by atoms with van der Waals surface area (Å²) in [6.07, 6.45) is 3.43. The molecule has 0 radical (unpaired) electrons. The van der Waals surface area contributed by atoms with Crippen molar-refractivity contribution in [3.63, 3.8) is 0 Å². The Labute approximate surface area is 146 Å². The number of nitrogens with zero attached hydrogens (tertiary/aromatic N) is 3. The van der Waals surface area contributed by atoms with Gasteiger partial charge in [-0.3, -0.25) is 4.98 Å². The van der Waals surface area contributed by atoms with Crippen molar-refractivity contribution in [3.8, 4) is 17.1 Å². The van der Waals surface area contributed by atoms with Gasteiger partial charge >= 0.3 is 0 Å². The molecule has 0 amide bonds. The van der Waals surface area contributed by atoms with E-state index in [0.717, 1.165) is 16.8 Å². The van der Waals surface area contributed by atoms with E-state index in [4.69, 9.17) is 4.74 Å². The molecule has 2 N–H and O–H groups in total.